The van der Waals surface area contributed by atoms with Crippen molar-refractivity contribution in [3.63, 3.8) is 0 Å². The summed E-state index contributed by atoms with van der Waals surface area (Å²) in [5.41, 5.74) is 0. The Morgan fingerprint density at radius 1 is 0.393 bits per heavy atom. The van der Waals surface area contributed by atoms with E-state index in [0.717, 1.165) is 64.2 Å². The van der Waals surface area contributed by atoms with Crippen LogP contribution in [0.5, 0.6) is 0 Å². The van der Waals surface area contributed by atoms with E-state index in [4.69, 9.17) is 28.4 Å². The van der Waals surface area contributed by atoms with Gasteiger partial charge in [-0.2, -0.15) is 0 Å². The summed E-state index contributed by atoms with van der Waals surface area (Å²) in [5, 5.41) is 120. The van der Waals surface area contributed by atoms with Gasteiger partial charge in [-0.05, 0) is 44.9 Å². The van der Waals surface area contributed by atoms with Crippen molar-refractivity contribution in [3.05, 3.63) is 24.3 Å². The van der Waals surface area contributed by atoms with Crippen molar-refractivity contribution in [2.45, 2.75) is 388 Å². The summed E-state index contributed by atoms with van der Waals surface area (Å²) in [5.74, 6) is -0.282. The highest BCUT2D eigenvalue weighted by Gasteiger charge is 2.53. The molecule has 0 saturated carbocycles. The van der Waals surface area contributed by atoms with E-state index in [1.54, 1.807) is 6.08 Å². The summed E-state index contributed by atoms with van der Waals surface area (Å²) < 4.78 is 34.3. The van der Waals surface area contributed by atoms with Crippen LogP contribution in [-0.2, 0) is 33.2 Å². The first-order valence-corrected chi connectivity index (χ1v) is 36.1. The molecule has 19 heteroatoms. The molecular formula is C70H131NO18. The molecule has 1 amide bonds. The van der Waals surface area contributed by atoms with Gasteiger partial charge < -0.3 is 89.9 Å². The summed E-state index contributed by atoms with van der Waals surface area (Å²) in [7, 11) is 0. The molecule has 0 aromatic heterocycles. The third-order valence-corrected chi connectivity index (χ3v) is 18.2. The number of carbonyl (C=O) groups is 1. The second-order valence-corrected chi connectivity index (χ2v) is 26.1. The van der Waals surface area contributed by atoms with Gasteiger partial charge in [-0.25, -0.2) is 0 Å². The molecule has 89 heavy (non-hydrogen) atoms. The van der Waals surface area contributed by atoms with Crippen LogP contribution < -0.4 is 5.32 Å². The molecule has 12 N–H and O–H groups in total. The summed E-state index contributed by atoms with van der Waals surface area (Å²) >= 11 is 0. The molecule has 524 valence electrons. The number of nitrogens with one attached hydrogen (secondary N) is 1. The monoisotopic (exact) mass is 1270 g/mol. The first-order chi connectivity index (χ1) is 43.3. The molecule has 3 fully saturated rings. The Morgan fingerprint density at radius 2 is 0.708 bits per heavy atom. The van der Waals surface area contributed by atoms with Crippen LogP contribution >= 0.6 is 0 Å². The Kier molecular flexibility index (Phi) is 48.1. The van der Waals surface area contributed by atoms with Crippen LogP contribution in [0, 0.1) is 0 Å². The Labute approximate surface area is 537 Å². The molecule has 0 bridgehead atoms. The van der Waals surface area contributed by atoms with E-state index in [1.807, 2.05) is 6.08 Å². The van der Waals surface area contributed by atoms with Gasteiger partial charge in [-0.1, -0.05) is 256 Å². The van der Waals surface area contributed by atoms with Crippen molar-refractivity contribution in [2.24, 2.45) is 0 Å². The maximum atomic E-state index is 13.4. The van der Waals surface area contributed by atoms with E-state index in [-0.39, 0.29) is 18.9 Å². The molecule has 17 unspecified atom stereocenters. The molecule has 19 nitrogen and oxygen atoms in total. The summed E-state index contributed by atoms with van der Waals surface area (Å²) in [4.78, 5) is 13.4. The number of rotatable bonds is 56. The summed E-state index contributed by atoms with van der Waals surface area (Å²) in [6.45, 7) is 1.73. The van der Waals surface area contributed by atoms with Crippen LogP contribution in [0.25, 0.3) is 0 Å². The summed E-state index contributed by atoms with van der Waals surface area (Å²) in [6.07, 6.45) is 33.2. The number of aliphatic hydroxyl groups is 11. The summed E-state index contributed by atoms with van der Waals surface area (Å²) in [6, 6.07) is -0.976. The van der Waals surface area contributed by atoms with E-state index in [0.29, 0.717) is 6.42 Å². The molecule has 3 saturated heterocycles. The van der Waals surface area contributed by atoms with E-state index in [9.17, 15) is 61.0 Å². The van der Waals surface area contributed by atoms with Gasteiger partial charge in [0.15, 0.2) is 18.9 Å². The number of allylic oxidation sites excluding steroid dienone is 3. The number of amides is 1. The quantitative estimate of drug-likeness (QED) is 0.0199. The number of hydrogen-bond acceptors (Lipinski definition) is 18. The second-order valence-electron chi connectivity index (χ2n) is 26.1. The number of hydrogen-bond donors (Lipinski definition) is 12. The first-order valence-electron chi connectivity index (χ1n) is 36.1. The van der Waals surface area contributed by atoms with Crippen LogP contribution in [0.2, 0.25) is 0 Å². The van der Waals surface area contributed by atoms with Crippen molar-refractivity contribution in [3.8, 4) is 0 Å². The molecule has 0 radical (unpaired) electrons. The maximum Gasteiger partial charge on any atom is 0.220 e. The smallest absolute Gasteiger partial charge is 0.220 e. The van der Waals surface area contributed by atoms with Crippen LogP contribution in [0.15, 0.2) is 24.3 Å². The van der Waals surface area contributed by atoms with Gasteiger partial charge in [0.2, 0.25) is 5.91 Å². The first kappa shape index (κ1) is 81.5. The van der Waals surface area contributed by atoms with E-state index >= 15 is 0 Å². The lowest BCUT2D eigenvalue weighted by atomic mass is 9.96. The molecule has 0 aromatic carbocycles. The molecular weight excluding hydrogens is 1140 g/mol. The Balaban J connectivity index is 1.38. The predicted octanol–water partition coefficient (Wildman–Crippen LogP) is 9.83. The number of ether oxygens (including phenoxy) is 6. The molecule has 0 aromatic rings. The van der Waals surface area contributed by atoms with Gasteiger partial charge in [-0.15, -0.1) is 0 Å². The van der Waals surface area contributed by atoms with E-state index in [2.05, 4.69) is 31.3 Å². The zero-order valence-electron chi connectivity index (χ0n) is 55.4. The topological polar surface area (TPSA) is 307 Å². The Bertz CT molecular complexity index is 1710. The highest BCUT2D eigenvalue weighted by atomic mass is 16.8. The molecule has 3 heterocycles. The molecule has 17 atom stereocenters. The van der Waals surface area contributed by atoms with Gasteiger partial charge in [0, 0.05) is 6.42 Å². The Morgan fingerprint density at radius 3 is 1.10 bits per heavy atom. The molecule has 3 rings (SSSR count). The SMILES string of the molecule is CCCCCC/C=C\CCCCCCCC(=O)NC(COC1OC(CO)C(OC2OC(CO)C(OC3OC(CO)C(O)C(O)C3O)C(O)C2O)C(O)C1O)C(O)/C=C/CCCCCCCCCCCCCCCCCCCCCCCCCCCCCCC. The van der Waals surface area contributed by atoms with Crippen LogP contribution in [0.1, 0.15) is 284 Å². The van der Waals surface area contributed by atoms with Crippen molar-refractivity contribution >= 4 is 5.91 Å². The molecule has 3 aliphatic heterocycles. The van der Waals surface area contributed by atoms with Gasteiger partial charge >= 0.3 is 0 Å². The van der Waals surface area contributed by atoms with Crippen molar-refractivity contribution in [1.29, 1.82) is 0 Å². The zero-order valence-corrected chi connectivity index (χ0v) is 55.4. The molecule has 0 spiro atoms. The largest absolute Gasteiger partial charge is 0.394 e. The fraction of sp³-hybridized carbons (Fsp3) is 0.929. The van der Waals surface area contributed by atoms with E-state index in [1.165, 1.54) is 193 Å². The van der Waals surface area contributed by atoms with Crippen LogP contribution in [-0.4, -0.2) is 193 Å². The van der Waals surface area contributed by atoms with Crippen LogP contribution in [0.4, 0.5) is 0 Å². The maximum absolute atomic E-state index is 13.4. The third kappa shape index (κ3) is 34.5. The normalized spacial score (nSPS) is 28.3. The third-order valence-electron chi connectivity index (χ3n) is 18.2. The average Bonchev–Trinajstić information content (AvgIpc) is 2.38. The second kappa shape index (κ2) is 52.5. The fourth-order valence-electron chi connectivity index (χ4n) is 12.4. The molecule has 3 aliphatic rings. The standard InChI is InChI=1S/C70H131NO18/c1-3-5-7-9-11-13-15-17-18-19-20-21-22-23-24-25-26-27-28-29-30-31-32-33-34-36-37-39-41-43-45-47-54(75)53(71-58(76)48-46-44-42-40-38-35-16-14-12-10-8-6-4-2)52-84-68-64(82)61(79)66(56(50-73)86-68)89-70-65(83)62(80)67(57(51-74)87-70)88-69-63(81)60(78)59(77)55(49-72)85-69/h14,16,45,47,53-57,59-70,72-75,77-83H,3-13,15,17-44,46,48-52H2,1-2H3,(H,71,76)/b16-14-,47-45+. The lowest BCUT2D eigenvalue weighted by molar-refractivity contribution is -0.379. The lowest BCUT2D eigenvalue weighted by Crippen LogP contribution is -2.66. The fourth-order valence-corrected chi connectivity index (χ4v) is 12.4. The Hall–Kier alpha value is -1.73. The van der Waals surface area contributed by atoms with Gasteiger partial charge in [0.05, 0.1) is 38.6 Å². The highest BCUT2D eigenvalue weighted by molar-refractivity contribution is 5.76. The van der Waals surface area contributed by atoms with Gasteiger partial charge in [-0.3, -0.25) is 4.79 Å². The van der Waals surface area contributed by atoms with Crippen molar-refractivity contribution < 1.29 is 89.4 Å². The molecule has 0 aliphatic carbocycles. The van der Waals surface area contributed by atoms with Gasteiger partial charge in [0.1, 0.15) is 73.2 Å². The average molecular weight is 1270 g/mol. The minimum atomic E-state index is -1.98. The van der Waals surface area contributed by atoms with E-state index < -0.39 is 124 Å². The van der Waals surface area contributed by atoms with Gasteiger partial charge in [0.25, 0.3) is 0 Å². The van der Waals surface area contributed by atoms with Crippen molar-refractivity contribution in [1.82, 2.24) is 5.32 Å². The predicted molar refractivity (Wildman–Crippen MR) is 346 cm³/mol. The number of aliphatic hydroxyl groups excluding tert-OH is 11. The zero-order chi connectivity index (χ0) is 64.7. The minimum Gasteiger partial charge on any atom is -0.394 e. The van der Waals surface area contributed by atoms with Crippen LogP contribution in [0.3, 0.4) is 0 Å². The highest BCUT2D eigenvalue weighted by Crippen LogP contribution is 2.33. The minimum absolute atomic E-state index is 0.235. The van der Waals surface area contributed by atoms with Crippen molar-refractivity contribution in [2.75, 3.05) is 26.4 Å². The number of carbonyl (C=O) groups excluding carboxylic acids is 1. The number of unbranched alkanes of at least 4 members (excludes halogenated alkanes) is 38. The lowest BCUT2D eigenvalue weighted by Gasteiger charge is -2.48.